The number of unbranched alkanes of at least 4 members (excludes halogenated alkanes) is 3. The van der Waals surface area contributed by atoms with Crippen molar-refractivity contribution in [1.82, 2.24) is 9.78 Å². The topological polar surface area (TPSA) is 43.8 Å². The molecule has 0 aliphatic carbocycles. The minimum atomic E-state index is 0.137. The Bertz CT molecular complexity index is 328. The lowest BCUT2D eigenvalue weighted by atomic mass is 10.0. The lowest BCUT2D eigenvalue weighted by Gasteiger charge is -2.10. The van der Waals surface area contributed by atoms with E-state index >= 15 is 0 Å². The predicted octanol–water partition coefficient (Wildman–Crippen LogP) is 2.86. The van der Waals surface area contributed by atoms with Crippen LogP contribution in [0.3, 0.4) is 0 Å². The normalized spacial score (nSPS) is 12.7. The van der Waals surface area contributed by atoms with E-state index in [0.717, 1.165) is 12.8 Å². The molecule has 1 heterocycles. The first-order valence-corrected chi connectivity index (χ1v) is 6.01. The molecule has 0 saturated carbocycles. The van der Waals surface area contributed by atoms with E-state index in [0.29, 0.717) is 0 Å². The number of allylic oxidation sites excluding steroid dienone is 1. The van der Waals surface area contributed by atoms with E-state index < -0.39 is 0 Å². The number of rotatable bonds is 7. The molecule has 2 N–H and O–H groups in total. The lowest BCUT2D eigenvalue weighted by molar-refractivity contribution is 0.569. The minimum Gasteiger partial charge on any atom is -0.324 e. The van der Waals surface area contributed by atoms with E-state index in [-0.39, 0.29) is 6.04 Å². The Balaban J connectivity index is 2.32. The fourth-order valence-electron chi connectivity index (χ4n) is 1.86. The Labute approximate surface area is 98.3 Å². The number of nitrogens with zero attached hydrogens (tertiary/aromatic N) is 2. The standard InChI is InChI=1S/C13H23N3/c1-4-5-6-7-8-9-13(14)12-10-15-16(3)11(12)2/h4,10,13H,1,5-9,14H2,2-3H3. The Kier molecular flexibility index (Phi) is 5.26. The van der Waals surface area contributed by atoms with Crippen LogP contribution in [0, 0.1) is 6.92 Å². The number of aryl methyl sites for hydroxylation is 1. The van der Waals surface area contributed by atoms with Crippen LogP contribution in [0.25, 0.3) is 0 Å². The molecule has 0 spiro atoms. The number of nitrogens with two attached hydrogens (primary N) is 1. The molecule has 0 fully saturated rings. The summed E-state index contributed by atoms with van der Waals surface area (Å²) >= 11 is 0. The molecule has 16 heavy (non-hydrogen) atoms. The zero-order chi connectivity index (χ0) is 12.0. The molecule has 0 aliphatic heterocycles. The summed E-state index contributed by atoms with van der Waals surface area (Å²) in [6.07, 6.45) is 9.67. The fraction of sp³-hybridized carbons (Fsp3) is 0.615. The molecular weight excluding hydrogens is 198 g/mol. The van der Waals surface area contributed by atoms with Gasteiger partial charge in [-0.3, -0.25) is 4.68 Å². The van der Waals surface area contributed by atoms with E-state index in [9.17, 15) is 0 Å². The first-order chi connectivity index (χ1) is 7.66. The summed E-state index contributed by atoms with van der Waals surface area (Å²) < 4.78 is 1.88. The van der Waals surface area contributed by atoms with Gasteiger partial charge in [0.15, 0.2) is 0 Å². The van der Waals surface area contributed by atoms with Crippen LogP contribution in [-0.4, -0.2) is 9.78 Å². The molecule has 0 aromatic carbocycles. The maximum atomic E-state index is 6.15. The Hall–Kier alpha value is -1.09. The van der Waals surface area contributed by atoms with E-state index in [4.69, 9.17) is 5.73 Å². The zero-order valence-corrected chi connectivity index (χ0v) is 10.4. The molecule has 1 unspecified atom stereocenters. The highest BCUT2D eigenvalue weighted by molar-refractivity contribution is 5.19. The van der Waals surface area contributed by atoms with Crippen LogP contribution < -0.4 is 5.73 Å². The molecule has 3 nitrogen and oxygen atoms in total. The van der Waals surface area contributed by atoms with Gasteiger partial charge in [-0.15, -0.1) is 6.58 Å². The molecule has 0 aliphatic rings. The molecule has 0 amide bonds. The Morgan fingerprint density at radius 3 is 2.81 bits per heavy atom. The summed E-state index contributed by atoms with van der Waals surface area (Å²) in [4.78, 5) is 0. The van der Waals surface area contributed by atoms with Crippen LogP contribution in [0.4, 0.5) is 0 Å². The molecule has 1 aromatic heterocycles. The third-order valence-electron chi connectivity index (χ3n) is 3.10. The van der Waals surface area contributed by atoms with E-state index in [2.05, 4.69) is 18.6 Å². The zero-order valence-electron chi connectivity index (χ0n) is 10.4. The predicted molar refractivity (Wildman–Crippen MR) is 68.2 cm³/mol. The summed E-state index contributed by atoms with van der Waals surface area (Å²) in [6.45, 7) is 5.79. The first kappa shape index (κ1) is 13.0. The van der Waals surface area contributed by atoms with Gasteiger partial charge in [-0.1, -0.05) is 18.9 Å². The van der Waals surface area contributed by atoms with Gasteiger partial charge in [0.2, 0.25) is 0 Å². The second-order valence-corrected chi connectivity index (χ2v) is 4.34. The van der Waals surface area contributed by atoms with Gasteiger partial charge in [0, 0.05) is 24.3 Å². The average molecular weight is 221 g/mol. The summed E-state index contributed by atoms with van der Waals surface area (Å²) in [6, 6.07) is 0.137. The highest BCUT2D eigenvalue weighted by Crippen LogP contribution is 2.20. The number of aromatic nitrogens is 2. The summed E-state index contributed by atoms with van der Waals surface area (Å²) in [5.74, 6) is 0. The summed E-state index contributed by atoms with van der Waals surface area (Å²) in [5.41, 5.74) is 8.52. The Morgan fingerprint density at radius 2 is 2.25 bits per heavy atom. The first-order valence-electron chi connectivity index (χ1n) is 6.01. The van der Waals surface area contributed by atoms with Crippen molar-refractivity contribution in [2.75, 3.05) is 0 Å². The van der Waals surface area contributed by atoms with Gasteiger partial charge in [0.05, 0.1) is 6.20 Å². The summed E-state index contributed by atoms with van der Waals surface area (Å²) in [5, 5.41) is 4.22. The van der Waals surface area contributed by atoms with E-state index in [1.807, 2.05) is 24.0 Å². The maximum Gasteiger partial charge on any atom is 0.0540 e. The van der Waals surface area contributed by atoms with Crippen molar-refractivity contribution in [3.05, 3.63) is 30.1 Å². The summed E-state index contributed by atoms with van der Waals surface area (Å²) in [7, 11) is 1.95. The van der Waals surface area contributed by atoms with E-state index in [1.165, 1.54) is 30.5 Å². The second-order valence-electron chi connectivity index (χ2n) is 4.34. The minimum absolute atomic E-state index is 0.137. The van der Waals surface area contributed by atoms with Gasteiger partial charge >= 0.3 is 0 Å². The van der Waals surface area contributed by atoms with Gasteiger partial charge in [-0.05, 0) is 26.2 Å². The fourth-order valence-corrected chi connectivity index (χ4v) is 1.86. The largest absolute Gasteiger partial charge is 0.324 e. The van der Waals surface area contributed by atoms with Gasteiger partial charge in [0.1, 0.15) is 0 Å². The van der Waals surface area contributed by atoms with Gasteiger partial charge in [-0.25, -0.2) is 0 Å². The average Bonchev–Trinajstić information content (AvgIpc) is 2.59. The van der Waals surface area contributed by atoms with Crippen molar-refractivity contribution in [1.29, 1.82) is 0 Å². The molecule has 0 radical (unpaired) electrons. The highest BCUT2D eigenvalue weighted by atomic mass is 15.3. The SMILES string of the molecule is C=CCCCCCC(N)c1cnn(C)c1C. The van der Waals surface area contributed by atoms with Crippen molar-refractivity contribution in [2.45, 2.75) is 45.1 Å². The van der Waals surface area contributed by atoms with Crippen molar-refractivity contribution in [3.8, 4) is 0 Å². The molecule has 1 atom stereocenters. The maximum absolute atomic E-state index is 6.15. The van der Waals surface area contributed by atoms with Gasteiger partial charge in [0.25, 0.3) is 0 Å². The van der Waals surface area contributed by atoms with Crippen LogP contribution in [0.5, 0.6) is 0 Å². The monoisotopic (exact) mass is 221 g/mol. The van der Waals surface area contributed by atoms with Crippen LogP contribution in [0.15, 0.2) is 18.9 Å². The van der Waals surface area contributed by atoms with Crippen molar-refractivity contribution in [2.24, 2.45) is 12.8 Å². The van der Waals surface area contributed by atoms with Gasteiger partial charge in [-0.2, -0.15) is 5.10 Å². The molecule has 90 valence electrons. The van der Waals surface area contributed by atoms with Crippen molar-refractivity contribution < 1.29 is 0 Å². The smallest absolute Gasteiger partial charge is 0.0540 e. The van der Waals surface area contributed by atoms with Crippen LogP contribution in [0.1, 0.15) is 49.4 Å². The van der Waals surface area contributed by atoms with Crippen LogP contribution in [0.2, 0.25) is 0 Å². The van der Waals surface area contributed by atoms with E-state index in [1.54, 1.807) is 0 Å². The van der Waals surface area contributed by atoms with Crippen LogP contribution in [-0.2, 0) is 7.05 Å². The molecule has 0 bridgehead atoms. The second kappa shape index (κ2) is 6.48. The van der Waals surface area contributed by atoms with Crippen LogP contribution >= 0.6 is 0 Å². The quantitative estimate of drug-likeness (QED) is 0.568. The highest BCUT2D eigenvalue weighted by Gasteiger charge is 2.11. The molecule has 1 rings (SSSR count). The number of hydrogen-bond acceptors (Lipinski definition) is 2. The molecule has 0 saturated heterocycles. The van der Waals surface area contributed by atoms with Crippen molar-refractivity contribution >= 4 is 0 Å². The Morgan fingerprint density at radius 1 is 1.50 bits per heavy atom. The molecular formula is C13H23N3. The molecule has 1 aromatic rings. The third kappa shape index (κ3) is 3.49. The molecule has 3 heteroatoms. The third-order valence-corrected chi connectivity index (χ3v) is 3.10. The number of hydrogen-bond donors (Lipinski definition) is 1. The van der Waals surface area contributed by atoms with Gasteiger partial charge < -0.3 is 5.73 Å². The lowest BCUT2D eigenvalue weighted by Crippen LogP contribution is -2.11. The van der Waals surface area contributed by atoms with Crippen molar-refractivity contribution in [3.63, 3.8) is 0 Å².